The fraction of sp³-hybridized carbons (Fsp3) is 0.727. The molecule has 0 saturated heterocycles. The average Bonchev–Trinajstić information content (AvgIpc) is 2.75. The van der Waals surface area contributed by atoms with Crippen LogP contribution in [-0.2, 0) is 9.47 Å². The smallest absolute Gasteiger partial charge is 0.378 e. The van der Waals surface area contributed by atoms with E-state index in [0.717, 1.165) is 0 Å². The SMILES string of the molecule is CCOC(=O)c1ncn(C(C)OCC(C)C)n1. The van der Waals surface area contributed by atoms with Gasteiger partial charge in [0.1, 0.15) is 12.6 Å². The first-order valence-corrected chi connectivity index (χ1v) is 5.74. The maximum absolute atomic E-state index is 11.3. The monoisotopic (exact) mass is 241 g/mol. The molecule has 96 valence electrons. The molecule has 0 aromatic carbocycles. The second kappa shape index (κ2) is 6.34. The van der Waals surface area contributed by atoms with E-state index >= 15 is 0 Å². The van der Waals surface area contributed by atoms with Crippen molar-refractivity contribution < 1.29 is 14.3 Å². The van der Waals surface area contributed by atoms with Gasteiger partial charge in [0.15, 0.2) is 0 Å². The number of carbonyl (C=O) groups excluding carboxylic acids is 1. The van der Waals surface area contributed by atoms with Crippen molar-refractivity contribution in [2.45, 2.75) is 33.9 Å². The number of carbonyl (C=O) groups is 1. The molecule has 0 amide bonds. The summed E-state index contributed by atoms with van der Waals surface area (Å²) in [6.45, 7) is 8.67. The third-order valence-corrected chi connectivity index (χ3v) is 2.01. The summed E-state index contributed by atoms with van der Waals surface area (Å²) in [6, 6.07) is 0. The minimum absolute atomic E-state index is 0.0619. The van der Waals surface area contributed by atoms with E-state index in [9.17, 15) is 4.79 Å². The molecule has 0 spiro atoms. The van der Waals surface area contributed by atoms with E-state index < -0.39 is 5.97 Å². The minimum Gasteiger partial charge on any atom is -0.460 e. The molecule has 6 nitrogen and oxygen atoms in total. The van der Waals surface area contributed by atoms with Crippen molar-refractivity contribution in [3.05, 3.63) is 12.2 Å². The van der Waals surface area contributed by atoms with Gasteiger partial charge in [0.2, 0.25) is 0 Å². The lowest BCUT2D eigenvalue weighted by Crippen LogP contribution is -2.14. The number of ether oxygens (including phenoxy) is 2. The maximum atomic E-state index is 11.3. The fourth-order valence-electron chi connectivity index (χ4n) is 1.15. The van der Waals surface area contributed by atoms with Gasteiger partial charge in [-0.3, -0.25) is 0 Å². The lowest BCUT2D eigenvalue weighted by molar-refractivity contribution is -0.00687. The summed E-state index contributed by atoms with van der Waals surface area (Å²) in [5.41, 5.74) is 0. The first-order valence-electron chi connectivity index (χ1n) is 5.74. The molecule has 1 heterocycles. The Labute approximate surface area is 101 Å². The van der Waals surface area contributed by atoms with E-state index in [2.05, 4.69) is 23.9 Å². The highest BCUT2D eigenvalue weighted by Gasteiger charge is 2.15. The number of hydrogen-bond donors (Lipinski definition) is 0. The predicted molar refractivity (Wildman–Crippen MR) is 61.5 cm³/mol. The quantitative estimate of drug-likeness (QED) is 0.708. The van der Waals surface area contributed by atoms with Gasteiger partial charge in [-0.05, 0) is 19.8 Å². The lowest BCUT2D eigenvalue weighted by Gasteiger charge is -2.14. The van der Waals surface area contributed by atoms with Crippen molar-refractivity contribution >= 4 is 5.97 Å². The van der Waals surface area contributed by atoms with Crippen LogP contribution in [0.5, 0.6) is 0 Å². The predicted octanol–water partition coefficient (Wildman–Crippen LogP) is 1.65. The third kappa shape index (κ3) is 4.14. The van der Waals surface area contributed by atoms with Crippen molar-refractivity contribution in [3.8, 4) is 0 Å². The molecule has 0 aliphatic rings. The number of rotatable bonds is 6. The van der Waals surface area contributed by atoms with Crippen LogP contribution in [0, 0.1) is 5.92 Å². The molecule has 0 aliphatic heterocycles. The summed E-state index contributed by atoms with van der Waals surface area (Å²) in [7, 11) is 0. The molecular formula is C11H19N3O3. The van der Waals surface area contributed by atoms with E-state index in [4.69, 9.17) is 9.47 Å². The van der Waals surface area contributed by atoms with Gasteiger partial charge >= 0.3 is 5.97 Å². The zero-order valence-electron chi connectivity index (χ0n) is 10.7. The molecule has 1 aromatic rings. The van der Waals surface area contributed by atoms with Crippen molar-refractivity contribution in [1.82, 2.24) is 14.8 Å². The van der Waals surface area contributed by atoms with Crippen LogP contribution in [-0.4, -0.2) is 33.9 Å². The summed E-state index contributed by atoms with van der Waals surface area (Å²) >= 11 is 0. The van der Waals surface area contributed by atoms with Crippen LogP contribution < -0.4 is 0 Å². The summed E-state index contributed by atoms with van der Waals surface area (Å²) in [5.74, 6) is -0.000319. The van der Waals surface area contributed by atoms with Crippen molar-refractivity contribution in [1.29, 1.82) is 0 Å². The normalized spacial score (nSPS) is 12.8. The standard InChI is InChI=1S/C11H19N3O3/c1-5-16-11(15)10-12-7-14(13-10)9(4)17-6-8(2)3/h7-9H,5-6H2,1-4H3. The Hall–Kier alpha value is -1.43. The molecule has 17 heavy (non-hydrogen) atoms. The first kappa shape index (κ1) is 13.6. The van der Waals surface area contributed by atoms with Crippen LogP contribution in [0.2, 0.25) is 0 Å². The van der Waals surface area contributed by atoms with E-state index in [1.165, 1.54) is 11.0 Å². The molecule has 1 aromatic heterocycles. The molecule has 0 fully saturated rings. The molecule has 0 bridgehead atoms. The minimum atomic E-state index is -0.512. The van der Waals surface area contributed by atoms with Crippen LogP contribution in [0.3, 0.4) is 0 Å². The molecule has 1 rings (SSSR count). The third-order valence-electron chi connectivity index (χ3n) is 2.01. The molecular weight excluding hydrogens is 222 g/mol. The van der Waals surface area contributed by atoms with E-state index in [0.29, 0.717) is 19.1 Å². The zero-order chi connectivity index (χ0) is 12.8. The Bertz CT molecular complexity index is 363. The van der Waals surface area contributed by atoms with Gasteiger partial charge < -0.3 is 9.47 Å². The van der Waals surface area contributed by atoms with E-state index in [1.54, 1.807) is 6.92 Å². The van der Waals surface area contributed by atoms with Crippen LogP contribution in [0.15, 0.2) is 6.33 Å². The van der Waals surface area contributed by atoms with Gasteiger partial charge in [0.25, 0.3) is 5.82 Å². The van der Waals surface area contributed by atoms with Gasteiger partial charge in [0.05, 0.1) is 13.2 Å². The van der Waals surface area contributed by atoms with E-state index in [-0.39, 0.29) is 12.1 Å². The van der Waals surface area contributed by atoms with Gasteiger partial charge in [-0.15, -0.1) is 5.10 Å². The molecule has 1 atom stereocenters. The summed E-state index contributed by atoms with van der Waals surface area (Å²) in [5, 5.41) is 4.01. The number of hydrogen-bond acceptors (Lipinski definition) is 5. The number of esters is 1. The molecule has 0 saturated carbocycles. The van der Waals surface area contributed by atoms with Gasteiger partial charge in [-0.1, -0.05) is 13.8 Å². The van der Waals surface area contributed by atoms with Crippen molar-refractivity contribution in [2.75, 3.05) is 13.2 Å². The van der Waals surface area contributed by atoms with Crippen LogP contribution in [0.25, 0.3) is 0 Å². The molecule has 6 heteroatoms. The summed E-state index contributed by atoms with van der Waals surface area (Å²) in [6.07, 6.45) is 1.23. The van der Waals surface area contributed by atoms with Gasteiger partial charge in [0, 0.05) is 0 Å². The lowest BCUT2D eigenvalue weighted by atomic mass is 10.2. The second-order valence-electron chi connectivity index (χ2n) is 4.10. The fourth-order valence-corrected chi connectivity index (χ4v) is 1.15. The Kier molecular flexibility index (Phi) is 5.09. The Balaban J connectivity index is 2.57. The largest absolute Gasteiger partial charge is 0.460 e. The number of aromatic nitrogens is 3. The Morgan fingerprint density at radius 2 is 2.18 bits per heavy atom. The number of nitrogens with zero attached hydrogens (tertiary/aromatic N) is 3. The maximum Gasteiger partial charge on any atom is 0.378 e. The zero-order valence-corrected chi connectivity index (χ0v) is 10.7. The van der Waals surface area contributed by atoms with E-state index in [1.807, 2.05) is 6.92 Å². The molecule has 1 unspecified atom stereocenters. The topological polar surface area (TPSA) is 66.2 Å². The Morgan fingerprint density at radius 3 is 2.76 bits per heavy atom. The highest BCUT2D eigenvalue weighted by molar-refractivity contribution is 5.84. The van der Waals surface area contributed by atoms with Crippen LogP contribution in [0.1, 0.15) is 44.5 Å². The average molecular weight is 241 g/mol. The highest BCUT2D eigenvalue weighted by Crippen LogP contribution is 2.08. The van der Waals surface area contributed by atoms with Crippen LogP contribution in [0.4, 0.5) is 0 Å². The molecule has 0 N–H and O–H groups in total. The van der Waals surface area contributed by atoms with Gasteiger partial charge in [-0.2, -0.15) is 0 Å². The van der Waals surface area contributed by atoms with Gasteiger partial charge in [-0.25, -0.2) is 14.5 Å². The highest BCUT2D eigenvalue weighted by atomic mass is 16.5. The van der Waals surface area contributed by atoms with Crippen LogP contribution >= 0.6 is 0 Å². The second-order valence-corrected chi connectivity index (χ2v) is 4.10. The summed E-state index contributed by atoms with van der Waals surface area (Å²) in [4.78, 5) is 15.2. The van der Waals surface area contributed by atoms with Crippen molar-refractivity contribution in [2.24, 2.45) is 5.92 Å². The Morgan fingerprint density at radius 1 is 1.47 bits per heavy atom. The summed E-state index contributed by atoms with van der Waals surface area (Å²) < 4.78 is 11.9. The molecule has 0 aliphatic carbocycles. The van der Waals surface area contributed by atoms with Crippen molar-refractivity contribution in [3.63, 3.8) is 0 Å². The first-order chi connectivity index (χ1) is 8.04. The molecule has 0 radical (unpaired) electrons.